The minimum Gasteiger partial charge on any atom is -0.289 e. The second-order valence-electron chi connectivity index (χ2n) is 4.41. The standard InChI is InChI=1S/C15H9BO2/c1-8-12(16)7-6-11-13(8)15(18)10-5-3-2-4-9(10)14(11)17/h2-7H,1H3. The Morgan fingerprint density at radius 1 is 0.833 bits per heavy atom. The van der Waals surface area contributed by atoms with Crippen molar-refractivity contribution >= 4 is 24.9 Å². The quantitative estimate of drug-likeness (QED) is 0.551. The van der Waals surface area contributed by atoms with E-state index in [-0.39, 0.29) is 11.6 Å². The van der Waals surface area contributed by atoms with Crippen LogP contribution in [0.15, 0.2) is 36.4 Å². The second-order valence-corrected chi connectivity index (χ2v) is 4.41. The lowest BCUT2D eigenvalue weighted by atomic mass is 9.77. The zero-order chi connectivity index (χ0) is 12.9. The summed E-state index contributed by atoms with van der Waals surface area (Å²) in [6.45, 7) is 1.77. The number of hydrogen-bond acceptors (Lipinski definition) is 2. The van der Waals surface area contributed by atoms with E-state index in [0.29, 0.717) is 33.3 Å². The lowest BCUT2D eigenvalue weighted by molar-refractivity contribution is 0.0978. The molecule has 1 aliphatic rings. The molecule has 0 amide bonds. The molecule has 0 heterocycles. The first kappa shape index (κ1) is 11.0. The Morgan fingerprint density at radius 3 is 2.11 bits per heavy atom. The molecule has 2 nitrogen and oxygen atoms in total. The van der Waals surface area contributed by atoms with Crippen molar-refractivity contribution in [1.29, 1.82) is 0 Å². The minimum atomic E-state index is -0.120. The van der Waals surface area contributed by atoms with Crippen molar-refractivity contribution in [2.24, 2.45) is 0 Å². The van der Waals surface area contributed by atoms with Gasteiger partial charge in [-0.3, -0.25) is 9.59 Å². The molecular weight excluding hydrogens is 223 g/mol. The predicted molar refractivity (Wildman–Crippen MR) is 69.9 cm³/mol. The number of ketones is 2. The third-order valence-corrected chi connectivity index (χ3v) is 3.39. The van der Waals surface area contributed by atoms with Gasteiger partial charge in [0.05, 0.1) is 0 Å². The molecule has 3 heteroatoms. The van der Waals surface area contributed by atoms with Crippen molar-refractivity contribution in [3.05, 3.63) is 64.2 Å². The summed E-state index contributed by atoms with van der Waals surface area (Å²) in [5.74, 6) is -0.228. The summed E-state index contributed by atoms with van der Waals surface area (Å²) in [5, 5.41) is 0. The first-order chi connectivity index (χ1) is 8.61. The highest BCUT2D eigenvalue weighted by Crippen LogP contribution is 2.28. The van der Waals surface area contributed by atoms with Crippen LogP contribution in [0.2, 0.25) is 0 Å². The topological polar surface area (TPSA) is 34.1 Å². The molecule has 2 radical (unpaired) electrons. The monoisotopic (exact) mass is 232 g/mol. The number of hydrogen-bond donors (Lipinski definition) is 0. The molecule has 0 unspecified atom stereocenters. The van der Waals surface area contributed by atoms with Gasteiger partial charge >= 0.3 is 0 Å². The van der Waals surface area contributed by atoms with E-state index in [2.05, 4.69) is 0 Å². The van der Waals surface area contributed by atoms with Crippen LogP contribution in [0.25, 0.3) is 0 Å². The average Bonchev–Trinajstić information content (AvgIpc) is 2.39. The summed E-state index contributed by atoms with van der Waals surface area (Å²) in [5.41, 5.74) is 3.04. The van der Waals surface area contributed by atoms with Crippen LogP contribution in [0.3, 0.4) is 0 Å². The van der Waals surface area contributed by atoms with Crippen molar-refractivity contribution < 1.29 is 9.59 Å². The van der Waals surface area contributed by atoms with Gasteiger partial charge in [0.25, 0.3) is 0 Å². The summed E-state index contributed by atoms with van der Waals surface area (Å²) in [6.07, 6.45) is 0. The van der Waals surface area contributed by atoms with Crippen LogP contribution in [-0.2, 0) is 0 Å². The Balaban J connectivity index is 2.38. The summed E-state index contributed by atoms with van der Waals surface area (Å²) in [7, 11) is 5.81. The number of fused-ring (bicyclic) bond motifs is 2. The van der Waals surface area contributed by atoms with Crippen molar-refractivity contribution in [3.8, 4) is 0 Å². The molecular formula is C15H9BO2. The minimum absolute atomic E-state index is 0.108. The molecule has 0 saturated heterocycles. The Labute approximate surface area is 106 Å². The van der Waals surface area contributed by atoms with Gasteiger partial charge in [-0.2, -0.15) is 0 Å². The van der Waals surface area contributed by atoms with Gasteiger partial charge < -0.3 is 0 Å². The van der Waals surface area contributed by atoms with Gasteiger partial charge in [0, 0.05) is 22.3 Å². The molecule has 2 aromatic carbocycles. The van der Waals surface area contributed by atoms with Crippen LogP contribution < -0.4 is 5.46 Å². The Bertz CT molecular complexity index is 702. The van der Waals surface area contributed by atoms with E-state index in [1.807, 2.05) is 0 Å². The number of benzene rings is 2. The highest BCUT2D eigenvalue weighted by Gasteiger charge is 2.30. The molecule has 2 aromatic rings. The maximum absolute atomic E-state index is 12.4. The molecule has 0 aromatic heterocycles. The summed E-state index contributed by atoms with van der Waals surface area (Å²) in [6, 6.07) is 10.2. The van der Waals surface area contributed by atoms with E-state index < -0.39 is 0 Å². The highest BCUT2D eigenvalue weighted by atomic mass is 16.1. The zero-order valence-corrected chi connectivity index (χ0v) is 9.86. The molecule has 0 N–H and O–H groups in total. The van der Waals surface area contributed by atoms with Crippen LogP contribution in [0, 0.1) is 6.92 Å². The van der Waals surface area contributed by atoms with Gasteiger partial charge in [0.15, 0.2) is 11.6 Å². The molecule has 0 bridgehead atoms. The van der Waals surface area contributed by atoms with E-state index in [1.54, 1.807) is 43.3 Å². The van der Waals surface area contributed by atoms with E-state index in [9.17, 15) is 9.59 Å². The first-order valence-corrected chi connectivity index (χ1v) is 5.68. The Kier molecular flexibility index (Phi) is 2.24. The van der Waals surface area contributed by atoms with E-state index >= 15 is 0 Å². The molecule has 18 heavy (non-hydrogen) atoms. The van der Waals surface area contributed by atoms with Crippen molar-refractivity contribution in [2.45, 2.75) is 6.92 Å². The molecule has 0 atom stereocenters. The third-order valence-electron chi connectivity index (χ3n) is 3.39. The lowest BCUT2D eigenvalue weighted by Crippen LogP contribution is -2.25. The fourth-order valence-electron chi connectivity index (χ4n) is 2.37. The van der Waals surface area contributed by atoms with E-state index in [4.69, 9.17) is 7.85 Å². The van der Waals surface area contributed by atoms with Crippen molar-refractivity contribution in [1.82, 2.24) is 0 Å². The summed E-state index contributed by atoms with van der Waals surface area (Å²) in [4.78, 5) is 24.7. The first-order valence-electron chi connectivity index (χ1n) is 5.68. The maximum atomic E-state index is 12.4. The van der Waals surface area contributed by atoms with Crippen LogP contribution in [0.4, 0.5) is 0 Å². The van der Waals surface area contributed by atoms with Gasteiger partial charge in [-0.25, -0.2) is 0 Å². The van der Waals surface area contributed by atoms with Crippen molar-refractivity contribution in [2.75, 3.05) is 0 Å². The van der Waals surface area contributed by atoms with Crippen LogP contribution >= 0.6 is 0 Å². The van der Waals surface area contributed by atoms with Gasteiger partial charge in [-0.05, 0) is 12.5 Å². The Morgan fingerprint density at radius 2 is 1.44 bits per heavy atom. The van der Waals surface area contributed by atoms with E-state index in [0.717, 1.165) is 0 Å². The fourth-order valence-corrected chi connectivity index (χ4v) is 2.37. The fraction of sp³-hybridized carbons (Fsp3) is 0.0667. The van der Waals surface area contributed by atoms with Gasteiger partial charge in [-0.1, -0.05) is 41.9 Å². The predicted octanol–water partition coefficient (Wildman–Crippen LogP) is 1.56. The normalized spacial score (nSPS) is 13.2. The SMILES string of the molecule is [B]c1ccc2c(c1C)C(=O)c1ccccc1C2=O. The van der Waals surface area contributed by atoms with Gasteiger partial charge in [0.1, 0.15) is 7.85 Å². The number of carbonyl (C=O) groups is 2. The highest BCUT2D eigenvalue weighted by molar-refractivity contribution is 6.36. The van der Waals surface area contributed by atoms with Gasteiger partial charge in [0.2, 0.25) is 0 Å². The summed E-state index contributed by atoms with van der Waals surface area (Å²) >= 11 is 0. The zero-order valence-electron chi connectivity index (χ0n) is 9.86. The van der Waals surface area contributed by atoms with Crippen LogP contribution in [-0.4, -0.2) is 19.4 Å². The summed E-state index contributed by atoms with van der Waals surface area (Å²) < 4.78 is 0. The lowest BCUT2D eigenvalue weighted by Gasteiger charge is -2.20. The largest absolute Gasteiger partial charge is 0.289 e. The molecule has 1 aliphatic carbocycles. The maximum Gasteiger partial charge on any atom is 0.194 e. The van der Waals surface area contributed by atoms with Crippen LogP contribution in [0.5, 0.6) is 0 Å². The Hall–Kier alpha value is -2.16. The van der Waals surface area contributed by atoms with Crippen molar-refractivity contribution in [3.63, 3.8) is 0 Å². The molecule has 84 valence electrons. The van der Waals surface area contributed by atoms with Gasteiger partial charge in [-0.15, -0.1) is 0 Å². The van der Waals surface area contributed by atoms with E-state index in [1.165, 1.54) is 0 Å². The molecule has 3 rings (SSSR count). The molecule has 0 aliphatic heterocycles. The number of rotatable bonds is 0. The molecule has 0 fully saturated rings. The average molecular weight is 232 g/mol. The van der Waals surface area contributed by atoms with Crippen LogP contribution in [0.1, 0.15) is 37.4 Å². The molecule has 0 spiro atoms. The molecule has 0 saturated carbocycles. The third kappa shape index (κ3) is 1.30. The smallest absolute Gasteiger partial charge is 0.194 e. The number of carbonyl (C=O) groups excluding carboxylic acids is 2. The second kappa shape index (κ2) is 3.67.